The summed E-state index contributed by atoms with van der Waals surface area (Å²) in [7, 11) is 5.00. The molecule has 0 saturated carbocycles. The highest BCUT2D eigenvalue weighted by molar-refractivity contribution is 14.0. The van der Waals surface area contributed by atoms with Gasteiger partial charge in [0.1, 0.15) is 5.75 Å². The van der Waals surface area contributed by atoms with Crippen molar-refractivity contribution in [3.05, 3.63) is 24.3 Å². The van der Waals surface area contributed by atoms with Crippen molar-refractivity contribution in [1.29, 1.82) is 0 Å². The average molecular weight is 518 g/mol. The SMILES string of the molecule is CN=C(NCCCCCCC(=O)OC)N1CCN(c2ccccc2OC)CC1.I. The normalized spacial score (nSPS) is 14.2. The predicted octanol–water partition coefficient (Wildman–Crippen LogP) is 3.13. The number of para-hydroxylation sites is 2. The number of carbonyl (C=O) groups is 1. The summed E-state index contributed by atoms with van der Waals surface area (Å²) < 4.78 is 10.1. The van der Waals surface area contributed by atoms with E-state index in [-0.39, 0.29) is 29.9 Å². The van der Waals surface area contributed by atoms with Crippen molar-refractivity contribution in [3.63, 3.8) is 0 Å². The van der Waals surface area contributed by atoms with E-state index >= 15 is 0 Å². The van der Waals surface area contributed by atoms with Crippen molar-refractivity contribution in [2.45, 2.75) is 32.1 Å². The molecule has 2 rings (SSSR count). The molecule has 0 spiro atoms. The maximum Gasteiger partial charge on any atom is 0.305 e. The third-order valence-corrected chi connectivity index (χ3v) is 5.04. The van der Waals surface area contributed by atoms with Gasteiger partial charge in [-0.2, -0.15) is 0 Å². The maximum atomic E-state index is 11.1. The van der Waals surface area contributed by atoms with Crippen LogP contribution in [-0.4, -0.2) is 70.8 Å². The predicted molar refractivity (Wildman–Crippen MR) is 129 cm³/mol. The third-order valence-electron chi connectivity index (χ3n) is 5.04. The number of methoxy groups -OCH3 is 2. The van der Waals surface area contributed by atoms with Crippen LogP contribution < -0.4 is 15.0 Å². The number of anilines is 1. The number of ether oxygens (including phenoxy) is 2. The fourth-order valence-corrected chi connectivity index (χ4v) is 3.43. The van der Waals surface area contributed by atoms with E-state index in [2.05, 4.69) is 37.0 Å². The van der Waals surface area contributed by atoms with E-state index in [0.717, 1.165) is 75.8 Å². The Balaban J connectivity index is 0.00000420. The molecule has 0 bridgehead atoms. The number of rotatable bonds is 9. The van der Waals surface area contributed by atoms with E-state index in [1.54, 1.807) is 7.11 Å². The van der Waals surface area contributed by atoms with Gasteiger partial charge in [-0.1, -0.05) is 25.0 Å². The van der Waals surface area contributed by atoms with Crippen molar-refractivity contribution in [3.8, 4) is 5.75 Å². The molecule has 0 amide bonds. The smallest absolute Gasteiger partial charge is 0.305 e. The fourth-order valence-electron chi connectivity index (χ4n) is 3.43. The molecule has 7 nitrogen and oxygen atoms in total. The number of nitrogens with one attached hydrogen (secondary N) is 1. The zero-order valence-corrected chi connectivity index (χ0v) is 20.2. The lowest BCUT2D eigenvalue weighted by Gasteiger charge is -2.38. The van der Waals surface area contributed by atoms with Crippen LogP contribution in [0, 0.1) is 0 Å². The van der Waals surface area contributed by atoms with Crippen molar-refractivity contribution in [1.82, 2.24) is 10.2 Å². The van der Waals surface area contributed by atoms with Gasteiger partial charge in [0.15, 0.2) is 5.96 Å². The topological polar surface area (TPSA) is 66.4 Å². The second kappa shape index (κ2) is 14.3. The van der Waals surface area contributed by atoms with Gasteiger partial charge in [-0.15, -0.1) is 24.0 Å². The number of carbonyl (C=O) groups excluding carboxylic acids is 1. The van der Waals surface area contributed by atoms with E-state index in [1.807, 2.05) is 19.2 Å². The maximum absolute atomic E-state index is 11.1. The molecule has 0 aliphatic carbocycles. The lowest BCUT2D eigenvalue weighted by atomic mass is 10.1. The Morgan fingerprint density at radius 3 is 2.41 bits per heavy atom. The number of hydrogen-bond acceptors (Lipinski definition) is 5. The Kier molecular flexibility index (Phi) is 12.5. The van der Waals surface area contributed by atoms with Crippen molar-refractivity contribution in [2.75, 3.05) is 58.9 Å². The highest BCUT2D eigenvalue weighted by Crippen LogP contribution is 2.28. The summed E-state index contributed by atoms with van der Waals surface area (Å²) in [5.41, 5.74) is 1.15. The number of esters is 1. The first-order valence-electron chi connectivity index (χ1n) is 10.1. The lowest BCUT2D eigenvalue weighted by Crippen LogP contribution is -2.52. The Morgan fingerprint density at radius 1 is 1.07 bits per heavy atom. The van der Waals surface area contributed by atoms with Gasteiger partial charge in [-0.3, -0.25) is 9.79 Å². The first-order valence-corrected chi connectivity index (χ1v) is 10.1. The van der Waals surface area contributed by atoms with Crippen LogP contribution >= 0.6 is 24.0 Å². The molecule has 29 heavy (non-hydrogen) atoms. The van der Waals surface area contributed by atoms with E-state index in [4.69, 9.17) is 4.74 Å². The number of unbranched alkanes of at least 4 members (excludes halogenated alkanes) is 3. The quantitative estimate of drug-likeness (QED) is 0.178. The molecule has 1 heterocycles. The summed E-state index contributed by atoms with van der Waals surface area (Å²) in [6.45, 7) is 4.63. The molecule has 0 atom stereocenters. The fraction of sp³-hybridized carbons (Fsp3) is 0.619. The van der Waals surface area contributed by atoms with Crippen molar-refractivity contribution >= 4 is 41.6 Å². The minimum absolute atomic E-state index is 0. The molecule has 1 aromatic rings. The molecule has 0 aromatic heterocycles. The minimum atomic E-state index is -0.120. The lowest BCUT2D eigenvalue weighted by molar-refractivity contribution is -0.140. The van der Waals surface area contributed by atoms with Gasteiger partial charge in [-0.05, 0) is 25.0 Å². The molecule has 1 aliphatic rings. The van der Waals surface area contributed by atoms with Crippen LogP contribution in [0.1, 0.15) is 32.1 Å². The second-order valence-electron chi connectivity index (χ2n) is 6.86. The summed E-state index contributed by atoms with van der Waals surface area (Å²) in [6, 6.07) is 8.17. The summed E-state index contributed by atoms with van der Waals surface area (Å²) in [5, 5.41) is 3.47. The summed E-state index contributed by atoms with van der Waals surface area (Å²) >= 11 is 0. The van der Waals surface area contributed by atoms with E-state index < -0.39 is 0 Å². The molecule has 1 aromatic carbocycles. The molecular formula is C21H35IN4O3. The van der Waals surface area contributed by atoms with Gasteiger partial charge < -0.3 is 24.6 Å². The van der Waals surface area contributed by atoms with Gasteiger partial charge in [-0.25, -0.2) is 0 Å². The molecule has 0 unspecified atom stereocenters. The number of halogens is 1. The molecule has 0 radical (unpaired) electrons. The van der Waals surface area contributed by atoms with Crippen LogP contribution in [0.3, 0.4) is 0 Å². The molecule has 164 valence electrons. The highest BCUT2D eigenvalue weighted by Gasteiger charge is 2.21. The molecule has 1 N–H and O–H groups in total. The number of hydrogen-bond donors (Lipinski definition) is 1. The van der Waals surface area contributed by atoms with Crippen LogP contribution in [0.2, 0.25) is 0 Å². The summed E-state index contributed by atoms with van der Waals surface area (Å²) in [4.78, 5) is 20.2. The Labute approximate surface area is 191 Å². The van der Waals surface area contributed by atoms with Gasteiger partial charge in [0.25, 0.3) is 0 Å². The number of piperazine rings is 1. The van der Waals surface area contributed by atoms with Gasteiger partial charge >= 0.3 is 5.97 Å². The largest absolute Gasteiger partial charge is 0.495 e. The van der Waals surface area contributed by atoms with Gasteiger partial charge in [0, 0.05) is 46.2 Å². The van der Waals surface area contributed by atoms with Crippen LogP contribution in [-0.2, 0) is 9.53 Å². The van der Waals surface area contributed by atoms with Crippen molar-refractivity contribution < 1.29 is 14.3 Å². The number of guanidine groups is 1. The summed E-state index contributed by atoms with van der Waals surface area (Å²) in [6.07, 6.45) is 4.63. The minimum Gasteiger partial charge on any atom is -0.495 e. The van der Waals surface area contributed by atoms with E-state index in [0.29, 0.717) is 6.42 Å². The Bertz CT molecular complexity index is 634. The summed E-state index contributed by atoms with van der Waals surface area (Å²) in [5.74, 6) is 1.77. The van der Waals surface area contributed by atoms with Crippen LogP contribution in [0.15, 0.2) is 29.3 Å². The molecule has 1 saturated heterocycles. The van der Waals surface area contributed by atoms with Gasteiger partial charge in [0.05, 0.1) is 19.9 Å². The van der Waals surface area contributed by atoms with E-state index in [9.17, 15) is 4.79 Å². The van der Waals surface area contributed by atoms with Crippen LogP contribution in [0.4, 0.5) is 5.69 Å². The second-order valence-corrected chi connectivity index (χ2v) is 6.86. The van der Waals surface area contributed by atoms with E-state index in [1.165, 1.54) is 7.11 Å². The molecule has 1 fully saturated rings. The number of nitrogens with zero attached hydrogens (tertiary/aromatic N) is 3. The molecule has 8 heteroatoms. The van der Waals surface area contributed by atoms with Crippen LogP contribution in [0.5, 0.6) is 5.75 Å². The number of aliphatic imine (C=N–C) groups is 1. The zero-order valence-electron chi connectivity index (χ0n) is 17.9. The zero-order chi connectivity index (χ0) is 20.2. The third kappa shape index (κ3) is 8.28. The first kappa shape index (κ1) is 25.3. The Morgan fingerprint density at radius 2 is 1.76 bits per heavy atom. The average Bonchev–Trinajstić information content (AvgIpc) is 2.75. The monoisotopic (exact) mass is 518 g/mol. The highest BCUT2D eigenvalue weighted by atomic mass is 127. The first-order chi connectivity index (χ1) is 13.7. The molecule has 1 aliphatic heterocycles. The van der Waals surface area contributed by atoms with Crippen molar-refractivity contribution in [2.24, 2.45) is 4.99 Å². The standard InChI is InChI=1S/C21H34N4O3.HI/c1-22-21(23-13-9-5-4-6-12-20(26)28-3)25-16-14-24(15-17-25)18-10-7-8-11-19(18)27-2;/h7-8,10-11H,4-6,9,12-17H2,1-3H3,(H,22,23);1H. The number of benzene rings is 1. The van der Waals surface area contributed by atoms with Gasteiger partial charge in [0.2, 0.25) is 0 Å². The Hall–Kier alpha value is -1.71. The van der Waals surface area contributed by atoms with Crippen LogP contribution in [0.25, 0.3) is 0 Å². The molecular weight excluding hydrogens is 483 g/mol.